The first kappa shape index (κ1) is 11.7. The van der Waals surface area contributed by atoms with Crippen molar-refractivity contribution < 1.29 is 13.7 Å². The van der Waals surface area contributed by atoms with Gasteiger partial charge in [-0.1, -0.05) is 19.9 Å². The van der Waals surface area contributed by atoms with E-state index >= 15 is 0 Å². The van der Waals surface area contributed by atoms with E-state index < -0.39 is 0 Å². The largest absolute Gasteiger partial charge is 0.494 e. The maximum atomic E-state index is 5.75. The van der Waals surface area contributed by atoms with E-state index in [2.05, 4.69) is 18.8 Å². The topological polar surface area (TPSA) is 44.5 Å². The SMILES string of the molecule is Cc1nc2ccc(B3OCC(C)(C)CO3)cc2o1. The number of aromatic nitrogens is 1. The van der Waals surface area contributed by atoms with Crippen molar-refractivity contribution in [1.29, 1.82) is 0 Å². The van der Waals surface area contributed by atoms with Gasteiger partial charge in [0.25, 0.3) is 0 Å². The third-order valence-corrected chi connectivity index (χ3v) is 3.04. The van der Waals surface area contributed by atoms with E-state index in [4.69, 9.17) is 13.7 Å². The molecular formula is C13H16BNO3. The Morgan fingerprint density at radius 3 is 2.67 bits per heavy atom. The minimum atomic E-state index is -0.298. The molecule has 94 valence electrons. The molecule has 2 aromatic rings. The van der Waals surface area contributed by atoms with Gasteiger partial charge in [-0.05, 0) is 17.6 Å². The number of hydrogen-bond acceptors (Lipinski definition) is 4. The predicted octanol–water partition coefficient (Wildman–Crippen LogP) is 1.90. The van der Waals surface area contributed by atoms with Crippen LogP contribution in [0.2, 0.25) is 0 Å². The van der Waals surface area contributed by atoms with E-state index in [1.807, 2.05) is 25.1 Å². The van der Waals surface area contributed by atoms with E-state index in [-0.39, 0.29) is 12.5 Å². The van der Waals surface area contributed by atoms with Crippen LogP contribution in [0.4, 0.5) is 0 Å². The third-order valence-electron chi connectivity index (χ3n) is 3.04. The number of fused-ring (bicyclic) bond motifs is 1. The molecule has 0 unspecified atom stereocenters. The van der Waals surface area contributed by atoms with Crippen LogP contribution in [0.25, 0.3) is 11.1 Å². The summed E-state index contributed by atoms with van der Waals surface area (Å²) < 4.78 is 17.0. The quantitative estimate of drug-likeness (QED) is 0.720. The Labute approximate surface area is 106 Å². The Morgan fingerprint density at radius 1 is 1.22 bits per heavy atom. The summed E-state index contributed by atoms with van der Waals surface area (Å²) in [7, 11) is -0.298. The van der Waals surface area contributed by atoms with Gasteiger partial charge in [-0.2, -0.15) is 0 Å². The molecule has 18 heavy (non-hydrogen) atoms. The first-order valence-corrected chi connectivity index (χ1v) is 6.14. The Kier molecular flexibility index (Phi) is 2.68. The maximum Gasteiger partial charge on any atom is 0.494 e. The van der Waals surface area contributed by atoms with Gasteiger partial charge in [0.2, 0.25) is 0 Å². The summed E-state index contributed by atoms with van der Waals surface area (Å²) >= 11 is 0. The summed E-state index contributed by atoms with van der Waals surface area (Å²) in [4.78, 5) is 4.27. The van der Waals surface area contributed by atoms with Crippen molar-refractivity contribution in [2.45, 2.75) is 20.8 Å². The molecule has 5 heteroatoms. The molecule has 2 heterocycles. The number of nitrogens with zero attached hydrogens (tertiary/aromatic N) is 1. The summed E-state index contributed by atoms with van der Waals surface area (Å²) in [5.41, 5.74) is 2.72. The molecular weight excluding hydrogens is 229 g/mol. The van der Waals surface area contributed by atoms with Crippen LogP contribution in [0.15, 0.2) is 22.6 Å². The monoisotopic (exact) mass is 245 g/mol. The Morgan fingerprint density at radius 2 is 1.94 bits per heavy atom. The second-order valence-electron chi connectivity index (χ2n) is 5.58. The van der Waals surface area contributed by atoms with Gasteiger partial charge in [0.15, 0.2) is 11.5 Å². The highest BCUT2D eigenvalue weighted by molar-refractivity contribution is 6.61. The zero-order valence-electron chi connectivity index (χ0n) is 10.9. The Bertz CT molecular complexity index is 569. The highest BCUT2D eigenvalue weighted by Crippen LogP contribution is 2.22. The Balaban J connectivity index is 1.86. The van der Waals surface area contributed by atoms with Crippen molar-refractivity contribution in [3.8, 4) is 0 Å². The summed E-state index contributed by atoms with van der Waals surface area (Å²) in [6.07, 6.45) is 0. The lowest BCUT2D eigenvalue weighted by Crippen LogP contribution is -2.47. The average molecular weight is 245 g/mol. The van der Waals surface area contributed by atoms with Crippen LogP contribution >= 0.6 is 0 Å². The average Bonchev–Trinajstić information content (AvgIpc) is 2.68. The van der Waals surface area contributed by atoms with Gasteiger partial charge in [0.1, 0.15) is 5.52 Å². The minimum absolute atomic E-state index is 0.0867. The zero-order chi connectivity index (χ0) is 12.8. The van der Waals surface area contributed by atoms with Crippen LogP contribution in [0, 0.1) is 12.3 Å². The number of rotatable bonds is 1. The molecule has 0 aliphatic carbocycles. The molecule has 1 aromatic carbocycles. The maximum absolute atomic E-state index is 5.75. The van der Waals surface area contributed by atoms with E-state index in [9.17, 15) is 0 Å². The van der Waals surface area contributed by atoms with Crippen LogP contribution < -0.4 is 5.46 Å². The smallest absolute Gasteiger partial charge is 0.441 e. The van der Waals surface area contributed by atoms with Crippen molar-refractivity contribution >= 4 is 23.7 Å². The molecule has 1 saturated heterocycles. The van der Waals surface area contributed by atoms with Gasteiger partial charge >= 0.3 is 7.12 Å². The van der Waals surface area contributed by atoms with Crippen LogP contribution in [-0.2, 0) is 9.31 Å². The van der Waals surface area contributed by atoms with Gasteiger partial charge in [-0.25, -0.2) is 4.98 Å². The van der Waals surface area contributed by atoms with Crippen LogP contribution in [0.5, 0.6) is 0 Å². The van der Waals surface area contributed by atoms with E-state index in [0.717, 1.165) is 16.6 Å². The molecule has 1 aromatic heterocycles. The van der Waals surface area contributed by atoms with E-state index in [1.165, 1.54) is 0 Å². The summed E-state index contributed by atoms with van der Waals surface area (Å²) in [6, 6.07) is 5.86. The fourth-order valence-corrected chi connectivity index (χ4v) is 2.09. The molecule has 1 fully saturated rings. The van der Waals surface area contributed by atoms with Crippen molar-refractivity contribution in [3.63, 3.8) is 0 Å². The van der Waals surface area contributed by atoms with Gasteiger partial charge in [-0.3, -0.25) is 0 Å². The van der Waals surface area contributed by atoms with Crippen LogP contribution in [0.1, 0.15) is 19.7 Å². The molecule has 0 bridgehead atoms. The third kappa shape index (κ3) is 2.16. The highest BCUT2D eigenvalue weighted by atomic mass is 16.6. The van der Waals surface area contributed by atoms with Crippen LogP contribution in [0.3, 0.4) is 0 Å². The standard InChI is InChI=1S/C13H16BNO3/c1-9-15-11-5-4-10(6-12(11)18-9)14-16-7-13(2,3)8-17-14/h4-6H,7-8H2,1-3H3. The lowest BCUT2D eigenvalue weighted by atomic mass is 9.76. The van der Waals surface area contributed by atoms with Crippen molar-refractivity contribution in [1.82, 2.24) is 4.98 Å². The second-order valence-corrected chi connectivity index (χ2v) is 5.58. The van der Waals surface area contributed by atoms with Gasteiger partial charge in [0.05, 0.1) is 0 Å². The fourth-order valence-electron chi connectivity index (χ4n) is 2.09. The first-order chi connectivity index (χ1) is 8.53. The highest BCUT2D eigenvalue weighted by Gasteiger charge is 2.33. The van der Waals surface area contributed by atoms with Gasteiger partial charge < -0.3 is 13.7 Å². The second kappa shape index (κ2) is 4.11. The van der Waals surface area contributed by atoms with E-state index in [1.54, 1.807) is 0 Å². The molecule has 0 N–H and O–H groups in total. The first-order valence-electron chi connectivity index (χ1n) is 6.14. The van der Waals surface area contributed by atoms with Gasteiger partial charge in [-0.15, -0.1) is 0 Å². The van der Waals surface area contributed by atoms with Gasteiger partial charge in [0, 0.05) is 25.6 Å². The van der Waals surface area contributed by atoms with Crippen LogP contribution in [-0.4, -0.2) is 25.3 Å². The van der Waals surface area contributed by atoms with Crippen molar-refractivity contribution in [3.05, 3.63) is 24.1 Å². The summed E-state index contributed by atoms with van der Waals surface area (Å²) in [6.45, 7) is 7.50. The molecule has 4 nitrogen and oxygen atoms in total. The number of aryl methyl sites for hydroxylation is 1. The predicted molar refractivity (Wildman–Crippen MR) is 69.8 cm³/mol. The fraction of sp³-hybridized carbons (Fsp3) is 0.462. The molecule has 1 aliphatic rings. The molecule has 0 radical (unpaired) electrons. The summed E-state index contributed by atoms with van der Waals surface area (Å²) in [5, 5.41) is 0. The summed E-state index contributed by atoms with van der Waals surface area (Å²) in [5.74, 6) is 0.675. The minimum Gasteiger partial charge on any atom is -0.441 e. The van der Waals surface area contributed by atoms with Crippen molar-refractivity contribution in [2.75, 3.05) is 13.2 Å². The molecule has 0 spiro atoms. The lowest BCUT2D eigenvalue weighted by molar-refractivity contribution is 0.0343. The number of benzene rings is 1. The molecule has 0 amide bonds. The molecule has 0 saturated carbocycles. The normalized spacial score (nSPS) is 19.4. The van der Waals surface area contributed by atoms with Crippen molar-refractivity contribution in [2.24, 2.45) is 5.41 Å². The number of hydrogen-bond donors (Lipinski definition) is 0. The molecule has 1 aliphatic heterocycles. The molecule has 3 rings (SSSR count). The Hall–Kier alpha value is -1.33. The van der Waals surface area contributed by atoms with E-state index in [0.29, 0.717) is 19.1 Å². The number of oxazole rings is 1. The molecule has 0 atom stereocenters. The lowest BCUT2D eigenvalue weighted by Gasteiger charge is -2.33. The zero-order valence-corrected chi connectivity index (χ0v) is 10.9.